The van der Waals surface area contributed by atoms with E-state index < -0.39 is 0 Å². The van der Waals surface area contributed by atoms with Crippen LogP contribution >= 0.6 is 0 Å². The van der Waals surface area contributed by atoms with Crippen molar-refractivity contribution < 1.29 is 9.13 Å². The van der Waals surface area contributed by atoms with Gasteiger partial charge in [0, 0.05) is 6.07 Å². The van der Waals surface area contributed by atoms with Crippen LogP contribution in [0.4, 0.5) is 4.39 Å². The number of rotatable bonds is 2. The zero-order valence-electron chi connectivity index (χ0n) is 14.5. The molecule has 0 bridgehead atoms. The van der Waals surface area contributed by atoms with Crippen molar-refractivity contribution in [2.24, 2.45) is 0 Å². The monoisotopic (exact) mass is 336 g/mol. The van der Waals surface area contributed by atoms with Gasteiger partial charge in [0.15, 0.2) is 5.65 Å². The van der Waals surface area contributed by atoms with Crippen LogP contribution < -0.4 is 4.74 Å². The maximum absolute atomic E-state index is 14.5. The number of nitrogens with zero attached hydrogens (tertiary/aromatic N) is 4. The first-order valence-corrected chi connectivity index (χ1v) is 7.96. The van der Waals surface area contributed by atoms with Gasteiger partial charge >= 0.3 is 0 Å². The van der Waals surface area contributed by atoms with Crippen LogP contribution in [0.5, 0.6) is 5.88 Å². The predicted octanol–water partition coefficient (Wildman–Crippen LogP) is 4.02. The van der Waals surface area contributed by atoms with Crippen LogP contribution in [-0.4, -0.2) is 26.5 Å². The Morgan fingerprint density at radius 1 is 0.960 bits per heavy atom. The van der Waals surface area contributed by atoms with Crippen molar-refractivity contribution in [3.8, 4) is 17.3 Å². The van der Waals surface area contributed by atoms with E-state index >= 15 is 0 Å². The summed E-state index contributed by atoms with van der Waals surface area (Å²) in [7, 11) is 1.56. The van der Waals surface area contributed by atoms with Gasteiger partial charge in [-0.05, 0) is 39.0 Å². The standard InChI is InChI=1S/C19H17FN4O/c1-10-5-6-14(20)13(9-10)18-22-12(3)17-11(2)21-15-7-8-16(25-4)23-19(15)24(17)18/h5-9H,1-4H3. The van der Waals surface area contributed by atoms with Gasteiger partial charge < -0.3 is 4.74 Å². The molecule has 4 rings (SSSR count). The van der Waals surface area contributed by atoms with Gasteiger partial charge in [0.05, 0.1) is 29.6 Å². The van der Waals surface area contributed by atoms with Crippen molar-refractivity contribution in [2.75, 3.05) is 7.11 Å². The van der Waals surface area contributed by atoms with Crippen LogP contribution in [0, 0.1) is 26.6 Å². The number of hydrogen-bond acceptors (Lipinski definition) is 4. The number of fused-ring (bicyclic) bond motifs is 3. The summed E-state index contributed by atoms with van der Waals surface area (Å²) >= 11 is 0. The molecule has 4 aromatic rings. The molecule has 25 heavy (non-hydrogen) atoms. The maximum Gasteiger partial charge on any atom is 0.215 e. The van der Waals surface area contributed by atoms with E-state index in [1.165, 1.54) is 6.07 Å². The molecule has 0 aliphatic carbocycles. The molecule has 6 heteroatoms. The highest BCUT2D eigenvalue weighted by molar-refractivity contribution is 5.81. The zero-order valence-corrected chi connectivity index (χ0v) is 14.5. The van der Waals surface area contributed by atoms with Gasteiger partial charge in [-0.3, -0.25) is 4.40 Å². The Morgan fingerprint density at radius 3 is 2.48 bits per heavy atom. The molecule has 5 nitrogen and oxygen atoms in total. The van der Waals surface area contributed by atoms with Crippen LogP contribution in [0.15, 0.2) is 30.3 Å². The molecule has 126 valence electrons. The lowest BCUT2D eigenvalue weighted by Crippen LogP contribution is -2.01. The molecule has 0 fully saturated rings. The number of aryl methyl sites for hydroxylation is 3. The lowest BCUT2D eigenvalue weighted by Gasteiger charge is -2.09. The number of methoxy groups -OCH3 is 1. The SMILES string of the molecule is COc1ccc2nc(C)c3c(C)nc(-c4cc(C)ccc4F)n3c2n1. The van der Waals surface area contributed by atoms with Crippen molar-refractivity contribution in [3.05, 3.63) is 53.1 Å². The molecule has 3 heterocycles. The molecule has 0 saturated carbocycles. The predicted molar refractivity (Wildman–Crippen MR) is 94.4 cm³/mol. The minimum absolute atomic E-state index is 0.317. The molecule has 0 radical (unpaired) electrons. The third kappa shape index (κ3) is 2.33. The van der Waals surface area contributed by atoms with E-state index in [0.717, 1.165) is 22.5 Å². The molecule has 1 aromatic carbocycles. The van der Waals surface area contributed by atoms with Crippen molar-refractivity contribution in [1.82, 2.24) is 19.4 Å². The van der Waals surface area contributed by atoms with Gasteiger partial charge in [0.2, 0.25) is 5.88 Å². The van der Waals surface area contributed by atoms with Crippen molar-refractivity contribution in [2.45, 2.75) is 20.8 Å². The molecular weight excluding hydrogens is 319 g/mol. The van der Waals surface area contributed by atoms with Gasteiger partial charge in [0.1, 0.15) is 17.2 Å². The topological polar surface area (TPSA) is 52.3 Å². The quantitative estimate of drug-likeness (QED) is 0.555. The van der Waals surface area contributed by atoms with Gasteiger partial charge in [-0.2, -0.15) is 4.98 Å². The second-order valence-corrected chi connectivity index (χ2v) is 6.08. The third-order valence-corrected chi connectivity index (χ3v) is 4.30. The minimum Gasteiger partial charge on any atom is -0.481 e. The first-order valence-electron chi connectivity index (χ1n) is 7.96. The molecule has 0 N–H and O–H groups in total. The molecular formula is C19H17FN4O. The normalized spacial score (nSPS) is 11.4. The van der Waals surface area contributed by atoms with E-state index in [1.54, 1.807) is 25.3 Å². The van der Waals surface area contributed by atoms with E-state index in [-0.39, 0.29) is 5.82 Å². The first kappa shape index (κ1) is 15.5. The number of halogens is 1. The second kappa shape index (κ2) is 5.51. The summed E-state index contributed by atoms with van der Waals surface area (Å²) in [6.45, 7) is 5.75. The molecule has 3 aromatic heterocycles. The smallest absolute Gasteiger partial charge is 0.215 e. The molecule has 0 aliphatic rings. The summed E-state index contributed by atoms with van der Waals surface area (Å²) in [6, 6.07) is 8.61. The van der Waals surface area contributed by atoms with Crippen LogP contribution in [-0.2, 0) is 0 Å². The summed E-state index contributed by atoms with van der Waals surface area (Å²) in [4.78, 5) is 13.8. The average Bonchev–Trinajstić information content (AvgIpc) is 2.95. The lowest BCUT2D eigenvalue weighted by atomic mass is 10.1. The van der Waals surface area contributed by atoms with Gasteiger partial charge in [-0.15, -0.1) is 0 Å². The van der Waals surface area contributed by atoms with E-state index in [9.17, 15) is 4.39 Å². The largest absolute Gasteiger partial charge is 0.481 e. The van der Waals surface area contributed by atoms with Crippen LogP contribution in [0.3, 0.4) is 0 Å². The van der Waals surface area contributed by atoms with E-state index in [4.69, 9.17) is 4.74 Å². The van der Waals surface area contributed by atoms with Crippen molar-refractivity contribution in [1.29, 1.82) is 0 Å². The summed E-state index contributed by atoms with van der Waals surface area (Å²) < 4.78 is 21.6. The van der Waals surface area contributed by atoms with Crippen LogP contribution in [0.25, 0.3) is 28.1 Å². The summed E-state index contributed by atoms with van der Waals surface area (Å²) in [5.74, 6) is 0.675. The number of hydrogen-bond donors (Lipinski definition) is 0. The number of benzene rings is 1. The molecule has 0 saturated heterocycles. The average molecular weight is 336 g/mol. The first-order chi connectivity index (χ1) is 12.0. The van der Waals surface area contributed by atoms with Crippen molar-refractivity contribution >= 4 is 16.7 Å². The van der Waals surface area contributed by atoms with Crippen molar-refractivity contribution in [3.63, 3.8) is 0 Å². The van der Waals surface area contributed by atoms with E-state index in [1.807, 2.05) is 31.2 Å². The van der Waals surface area contributed by atoms with Gasteiger partial charge in [-0.25, -0.2) is 14.4 Å². The summed E-state index contributed by atoms with van der Waals surface area (Å²) in [5, 5.41) is 0. The zero-order chi connectivity index (χ0) is 17.7. The number of aromatic nitrogens is 4. The Labute approximate surface area is 144 Å². The molecule has 0 amide bonds. The molecule has 0 aliphatic heterocycles. The summed E-state index contributed by atoms with van der Waals surface area (Å²) in [6.07, 6.45) is 0. The lowest BCUT2D eigenvalue weighted by molar-refractivity contribution is 0.399. The molecule has 0 unspecified atom stereocenters. The van der Waals surface area contributed by atoms with Crippen LogP contribution in [0.2, 0.25) is 0 Å². The van der Waals surface area contributed by atoms with Crippen LogP contribution in [0.1, 0.15) is 17.0 Å². The minimum atomic E-state index is -0.317. The Balaban J connectivity index is 2.20. The fraction of sp³-hybridized carbons (Fsp3) is 0.211. The highest BCUT2D eigenvalue weighted by Crippen LogP contribution is 2.30. The maximum atomic E-state index is 14.5. The Morgan fingerprint density at radius 2 is 1.72 bits per heavy atom. The van der Waals surface area contributed by atoms with Gasteiger partial charge in [-0.1, -0.05) is 11.6 Å². The van der Waals surface area contributed by atoms with E-state index in [2.05, 4.69) is 15.0 Å². The Bertz CT molecular complexity index is 1130. The molecule has 0 atom stereocenters. The Hall–Kier alpha value is -3.02. The fourth-order valence-corrected chi connectivity index (χ4v) is 3.17. The second-order valence-electron chi connectivity index (χ2n) is 6.08. The van der Waals surface area contributed by atoms with E-state index in [0.29, 0.717) is 28.4 Å². The molecule has 0 spiro atoms. The highest BCUT2D eigenvalue weighted by atomic mass is 19.1. The Kier molecular flexibility index (Phi) is 3.42. The number of ether oxygens (including phenoxy) is 1. The number of imidazole rings is 1. The fourth-order valence-electron chi connectivity index (χ4n) is 3.17. The van der Waals surface area contributed by atoms with Gasteiger partial charge in [0.25, 0.3) is 0 Å². The number of pyridine rings is 1. The highest BCUT2D eigenvalue weighted by Gasteiger charge is 2.19. The third-order valence-electron chi connectivity index (χ3n) is 4.30. The summed E-state index contributed by atoms with van der Waals surface area (Å²) in [5.41, 5.74) is 5.15.